The van der Waals surface area contributed by atoms with Crippen molar-refractivity contribution in [1.29, 1.82) is 0 Å². The molecule has 4 N–H and O–H groups in total. The van der Waals surface area contributed by atoms with E-state index < -0.39 is 16.6 Å². The first-order valence-electron chi connectivity index (χ1n) is 37.2. The Bertz CT molecular complexity index is 3670. The molecule has 1 aliphatic heterocycles. The topological polar surface area (TPSA) is 153 Å². The van der Waals surface area contributed by atoms with E-state index in [4.69, 9.17) is 34.5 Å². The maximum absolute atomic E-state index is 11.9. The van der Waals surface area contributed by atoms with Crippen LogP contribution in [0.5, 0.6) is 0 Å². The highest BCUT2D eigenvalue weighted by molar-refractivity contribution is 6.74. The van der Waals surface area contributed by atoms with E-state index in [0.717, 1.165) is 73.5 Å². The molecule has 0 bridgehead atoms. The zero-order valence-corrected chi connectivity index (χ0v) is 71.8. The van der Waals surface area contributed by atoms with E-state index in [1.54, 1.807) is 18.2 Å². The average Bonchev–Trinajstić information content (AvgIpc) is 1.35. The molecule has 0 aromatic heterocycles. The van der Waals surface area contributed by atoms with Gasteiger partial charge in [-0.2, -0.15) is 0 Å². The van der Waals surface area contributed by atoms with Crippen molar-refractivity contribution in [3.63, 3.8) is 0 Å². The molecule has 2 atom stereocenters. The fourth-order valence-electron chi connectivity index (χ4n) is 13.5. The number of ether oxygens (including phenoxy) is 2. The van der Waals surface area contributed by atoms with E-state index in [9.17, 15) is 9.59 Å². The van der Waals surface area contributed by atoms with Gasteiger partial charge in [-0.25, -0.2) is 0 Å². The second-order valence-electron chi connectivity index (χ2n) is 34.9. The summed E-state index contributed by atoms with van der Waals surface area (Å²) in [4.78, 5) is 22.7. The highest BCUT2D eigenvalue weighted by atomic mass is 35.5. The molecule has 2 unspecified atom stereocenters. The van der Waals surface area contributed by atoms with Gasteiger partial charge in [-0.15, -0.1) is 0 Å². The van der Waals surface area contributed by atoms with Crippen molar-refractivity contribution < 1.29 is 48.2 Å². The van der Waals surface area contributed by atoms with Gasteiger partial charge >= 0.3 is 19.1 Å². The van der Waals surface area contributed by atoms with Gasteiger partial charge in [0.05, 0.1) is 50.5 Å². The smallest absolute Gasteiger partial charge is 0.469 e. The minimum Gasteiger partial charge on any atom is -0.469 e. The molecule has 1 saturated heterocycles. The zero-order chi connectivity index (χ0) is 75.6. The molecule has 0 saturated carbocycles. The van der Waals surface area contributed by atoms with Crippen LogP contribution in [0.3, 0.4) is 0 Å². The van der Waals surface area contributed by atoms with Crippen LogP contribution in [0.15, 0.2) is 121 Å². The van der Waals surface area contributed by atoms with Gasteiger partial charge in [-0.1, -0.05) is 237 Å². The molecule has 0 amide bonds. The summed E-state index contributed by atoms with van der Waals surface area (Å²) in [6.07, 6.45) is 9.31. The predicted molar refractivity (Wildman–Crippen MR) is 438 cm³/mol. The van der Waals surface area contributed by atoms with Crippen LogP contribution in [0.1, 0.15) is 244 Å². The molecule has 10 nitrogen and oxygen atoms in total. The number of esters is 2. The fourth-order valence-corrected chi connectivity index (χ4v) is 16.7. The zero-order valence-electron chi connectivity index (χ0n) is 69.0. The summed E-state index contributed by atoms with van der Waals surface area (Å²) < 4.78 is 36.2. The lowest BCUT2D eigenvalue weighted by Crippen LogP contribution is -2.47. The van der Waals surface area contributed by atoms with Crippen molar-refractivity contribution >= 4 is 52.8 Å². The Balaban J connectivity index is 0.000000447. The van der Waals surface area contributed by atoms with Crippen LogP contribution in [0.25, 0.3) is 11.1 Å². The van der Waals surface area contributed by atoms with Crippen molar-refractivity contribution in [1.82, 2.24) is 0 Å². The number of halogens is 1. The van der Waals surface area contributed by atoms with E-state index in [2.05, 4.69) is 282 Å². The van der Waals surface area contributed by atoms with E-state index >= 15 is 0 Å². The van der Waals surface area contributed by atoms with Gasteiger partial charge < -0.3 is 38.6 Å². The van der Waals surface area contributed by atoms with Crippen LogP contribution >= 0.6 is 11.6 Å². The van der Waals surface area contributed by atoms with Crippen LogP contribution < -0.4 is 5.46 Å². The summed E-state index contributed by atoms with van der Waals surface area (Å²) in [6, 6.07) is 43.7. The number of methoxy groups -OCH3 is 2. The molecule has 1 heterocycles. The molecule has 566 valence electrons. The highest BCUT2D eigenvalue weighted by Crippen LogP contribution is 2.46. The van der Waals surface area contributed by atoms with Crippen LogP contribution in [-0.4, -0.2) is 84.3 Å². The van der Waals surface area contributed by atoms with E-state index in [-0.39, 0.29) is 98.0 Å². The summed E-state index contributed by atoms with van der Waals surface area (Å²) >= 11 is 5.72. The van der Waals surface area contributed by atoms with Gasteiger partial charge in [0.1, 0.15) is 0 Å². The molecule has 0 aliphatic carbocycles. The molecule has 6 aromatic carbocycles. The molecule has 102 heavy (non-hydrogen) atoms. The molecule has 14 heteroatoms. The Morgan fingerprint density at radius 2 is 0.833 bits per heavy atom. The van der Waals surface area contributed by atoms with Gasteiger partial charge in [0, 0.05) is 15.9 Å². The quantitative estimate of drug-likeness (QED) is 0.0429. The summed E-state index contributed by atoms with van der Waals surface area (Å²) in [5.74, 6) is -0.470. The third kappa shape index (κ3) is 22.7. The lowest BCUT2D eigenvalue weighted by atomic mass is 9.67. The van der Waals surface area contributed by atoms with Gasteiger partial charge in [0.15, 0.2) is 16.6 Å². The van der Waals surface area contributed by atoms with Crippen molar-refractivity contribution in [2.75, 3.05) is 14.2 Å². The highest BCUT2D eigenvalue weighted by Gasteiger charge is 2.52. The molecular formula is C88H136BClO10Si2. The number of hydrogen-bond donors (Lipinski definition) is 0. The Labute approximate surface area is 627 Å². The number of benzene rings is 6. The minimum atomic E-state index is -1.87. The maximum Gasteiger partial charge on any atom is 0.495 e. The summed E-state index contributed by atoms with van der Waals surface area (Å²) in [5, 5.41) is 1.04. The lowest BCUT2D eigenvalue weighted by Gasteiger charge is -2.43. The normalized spacial score (nSPS) is 14.8. The van der Waals surface area contributed by atoms with Crippen molar-refractivity contribution in [2.45, 2.75) is 301 Å². The second kappa shape index (κ2) is 36.4. The first kappa shape index (κ1) is 91.0. The van der Waals surface area contributed by atoms with Crippen molar-refractivity contribution in [3.05, 3.63) is 193 Å². The van der Waals surface area contributed by atoms with Crippen molar-refractivity contribution in [3.8, 4) is 11.1 Å². The van der Waals surface area contributed by atoms with E-state index in [0.29, 0.717) is 5.02 Å². The van der Waals surface area contributed by atoms with Crippen LogP contribution in [-0.2, 0) is 73.7 Å². The lowest BCUT2D eigenvalue weighted by molar-refractivity contribution is -0.140. The first-order chi connectivity index (χ1) is 46.1. The van der Waals surface area contributed by atoms with Gasteiger partial charge in [0.2, 0.25) is 0 Å². The van der Waals surface area contributed by atoms with Gasteiger partial charge in [0.25, 0.3) is 0 Å². The Morgan fingerprint density at radius 3 is 1.17 bits per heavy atom. The summed E-state index contributed by atoms with van der Waals surface area (Å²) in [5.41, 5.74) is 18.3. The van der Waals surface area contributed by atoms with Crippen molar-refractivity contribution in [2.24, 2.45) is 10.8 Å². The number of carbonyl (C=O) groups is 2. The van der Waals surface area contributed by atoms with E-state index in [1.165, 1.54) is 75.4 Å². The first-order valence-corrected chi connectivity index (χ1v) is 43.4. The Hall–Kier alpha value is -5.19. The number of hydrogen-bond acceptors (Lipinski definition) is 8. The third-order valence-electron chi connectivity index (χ3n) is 23.4. The molecule has 1 fully saturated rings. The summed E-state index contributed by atoms with van der Waals surface area (Å²) in [7, 11) is -1.26. The van der Waals surface area contributed by atoms with E-state index in [1.807, 2.05) is 18.2 Å². The minimum absolute atomic E-state index is 0. The molecule has 6 aromatic rings. The average molecular weight is 1460 g/mol. The maximum atomic E-state index is 11.9. The molecule has 1 aliphatic rings. The molecule has 0 radical (unpaired) electrons. The number of carbonyl (C=O) groups excluding carboxylic acids is 2. The van der Waals surface area contributed by atoms with Crippen LogP contribution in [0.2, 0.25) is 41.3 Å². The molecule has 7 rings (SSSR count). The van der Waals surface area contributed by atoms with Crippen LogP contribution in [0, 0.1) is 38.5 Å². The van der Waals surface area contributed by atoms with Gasteiger partial charge in [-0.3, -0.25) is 9.59 Å². The Morgan fingerprint density at radius 1 is 0.480 bits per heavy atom. The fraction of sp³-hybridized carbons (Fsp3) is 0.568. The summed E-state index contributed by atoms with van der Waals surface area (Å²) in [6.45, 7) is 64.2. The SMILES string of the molecule is CCC(CC)(c1ccc(CCC(O[Si](C)(C)C(C)(C)C)C(C)(C)C)c(C)c1)c1ccc(-c2cccc(CC(=O)OC)c2)c(C)c1.CCC(CC)(c1ccc(CCC(O[Si](C)(C)C(C)(C)C)C(C)(C)C)c(C)c1)c1ccc(B2OC(C)(C)C(C)(C)O2)c(C)c1.COC(=O)Cc1cccc(Cl)c1.O.O. The monoisotopic (exact) mass is 1450 g/mol. The largest absolute Gasteiger partial charge is 0.495 e. The number of aryl methyl sites for hydroxylation is 6. The standard InChI is InChI=1S/C41H60O3Si.C38H63BO3Si.C9H9ClO2.2H2O/c1-14-41(15-2,35-22-23-36(30(4)26-35)33-18-16-17-31(27-33)28-38(42)43-11)34-21-19-32(29(3)25-34)20-24-37(39(5,6)7)44-45(12,13)40(8,9)10;1-17-38(18-2,31-22-23-32(28(4)26-31)39-41-36(11,12)37(13,14)42-39)30-21-19-29(27(3)25-30)20-24-33(34(5,6)7)40-43(15,16)35(8,9)10;1-12-9(11)6-7-3-2-4-8(10)5-7;;/h16-19,21-23,25-27,37H,14-15,20,24,28H2,1-13H3;19,21-23,25-26,33H,17-18,20,24H2,1-16H3;2-5H,6H2,1H3;2*1H2. The van der Waals surface area contributed by atoms with Gasteiger partial charge in [-0.05, 0) is 244 Å². The molecular weight excluding hydrogens is 1320 g/mol. The molecule has 0 spiro atoms. The Kier molecular flexibility index (Phi) is 32.5. The number of rotatable bonds is 24. The van der Waals surface area contributed by atoms with Crippen LogP contribution in [0.4, 0.5) is 0 Å². The predicted octanol–water partition coefficient (Wildman–Crippen LogP) is 21.6. The second-order valence-corrected chi connectivity index (χ2v) is 44.9. The third-order valence-corrected chi connectivity index (χ3v) is 32.6.